The molecule has 0 amide bonds. The van der Waals surface area contributed by atoms with E-state index in [2.05, 4.69) is 24.0 Å². The fourth-order valence-electron chi connectivity index (χ4n) is 2.07. The molecule has 1 aromatic carbocycles. The highest BCUT2D eigenvalue weighted by atomic mass is 32.2. The summed E-state index contributed by atoms with van der Waals surface area (Å²) in [6.45, 7) is 6.87. The normalized spacial score (nSPS) is 11.7. The van der Waals surface area contributed by atoms with E-state index in [1.54, 1.807) is 11.8 Å². The van der Waals surface area contributed by atoms with Gasteiger partial charge < -0.3 is 15.7 Å². The zero-order valence-corrected chi connectivity index (χ0v) is 12.5. The Morgan fingerprint density at radius 2 is 2.06 bits per heavy atom. The SMILES string of the molecule is CCSc1cccc(N(C)CC(C)(C)O)c1CN. The Labute approximate surface area is 114 Å². The highest BCUT2D eigenvalue weighted by Crippen LogP contribution is 2.30. The van der Waals surface area contributed by atoms with E-state index in [9.17, 15) is 5.11 Å². The Hall–Kier alpha value is -0.710. The number of hydrogen-bond acceptors (Lipinski definition) is 4. The fourth-order valence-corrected chi connectivity index (χ4v) is 2.92. The van der Waals surface area contributed by atoms with Crippen molar-refractivity contribution in [3.05, 3.63) is 23.8 Å². The van der Waals surface area contributed by atoms with Crippen LogP contribution in [-0.2, 0) is 6.54 Å². The van der Waals surface area contributed by atoms with Crippen molar-refractivity contribution in [2.75, 3.05) is 24.2 Å². The number of thioether (sulfide) groups is 1. The number of benzene rings is 1. The number of hydrogen-bond donors (Lipinski definition) is 2. The Morgan fingerprint density at radius 1 is 1.39 bits per heavy atom. The summed E-state index contributed by atoms with van der Waals surface area (Å²) >= 11 is 1.81. The summed E-state index contributed by atoms with van der Waals surface area (Å²) < 4.78 is 0. The molecule has 1 aromatic rings. The van der Waals surface area contributed by atoms with Crippen LogP contribution < -0.4 is 10.6 Å². The summed E-state index contributed by atoms with van der Waals surface area (Å²) in [6, 6.07) is 6.22. The summed E-state index contributed by atoms with van der Waals surface area (Å²) in [7, 11) is 1.99. The molecule has 0 unspecified atom stereocenters. The third-order valence-electron chi connectivity index (χ3n) is 2.65. The molecule has 102 valence electrons. The van der Waals surface area contributed by atoms with Crippen LogP contribution in [0.5, 0.6) is 0 Å². The van der Waals surface area contributed by atoms with Crippen LogP contribution in [0.2, 0.25) is 0 Å². The van der Waals surface area contributed by atoms with E-state index in [1.165, 1.54) is 4.90 Å². The minimum atomic E-state index is -0.714. The molecule has 0 aliphatic carbocycles. The molecule has 0 aliphatic rings. The number of nitrogens with zero attached hydrogens (tertiary/aromatic N) is 1. The van der Waals surface area contributed by atoms with E-state index in [4.69, 9.17) is 5.73 Å². The predicted molar refractivity (Wildman–Crippen MR) is 80.3 cm³/mol. The van der Waals surface area contributed by atoms with Crippen LogP contribution in [0.25, 0.3) is 0 Å². The topological polar surface area (TPSA) is 49.5 Å². The van der Waals surface area contributed by atoms with Crippen LogP contribution in [0, 0.1) is 0 Å². The van der Waals surface area contributed by atoms with E-state index >= 15 is 0 Å². The van der Waals surface area contributed by atoms with Crippen LogP contribution in [0.15, 0.2) is 23.1 Å². The van der Waals surface area contributed by atoms with Crippen molar-refractivity contribution in [1.82, 2.24) is 0 Å². The molecule has 4 heteroatoms. The third kappa shape index (κ3) is 4.19. The summed E-state index contributed by atoms with van der Waals surface area (Å²) in [4.78, 5) is 3.31. The smallest absolute Gasteiger partial charge is 0.0765 e. The lowest BCUT2D eigenvalue weighted by atomic mass is 10.1. The first-order chi connectivity index (χ1) is 8.39. The van der Waals surface area contributed by atoms with Gasteiger partial charge in [0.25, 0.3) is 0 Å². The van der Waals surface area contributed by atoms with Gasteiger partial charge in [0, 0.05) is 36.3 Å². The van der Waals surface area contributed by atoms with Crippen LogP contribution in [-0.4, -0.2) is 30.1 Å². The van der Waals surface area contributed by atoms with Crippen molar-refractivity contribution in [3.8, 4) is 0 Å². The van der Waals surface area contributed by atoms with E-state index in [0.717, 1.165) is 17.0 Å². The number of aliphatic hydroxyl groups is 1. The number of anilines is 1. The van der Waals surface area contributed by atoms with Crippen molar-refractivity contribution < 1.29 is 5.11 Å². The van der Waals surface area contributed by atoms with Crippen LogP contribution >= 0.6 is 11.8 Å². The van der Waals surface area contributed by atoms with Crippen molar-refractivity contribution in [2.45, 2.75) is 37.8 Å². The van der Waals surface area contributed by atoms with Crippen molar-refractivity contribution in [1.29, 1.82) is 0 Å². The van der Waals surface area contributed by atoms with Crippen molar-refractivity contribution in [2.24, 2.45) is 5.73 Å². The van der Waals surface area contributed by atoms with Crippen LogP contribution in [0.1, 0.15) is 26.3 Å². The maximum atomic E-state index is 9.91. The monoisotopic (exact) mass is 268 g/mol. The van der Waals surface area contributed by atoms with Gasteiger partial charge in [-0.3, -0.25) is 0 Å². The molecule has 1 rings (SSSR count). The standard InChI is InChI=1S/C14H24N2OS/c1-5-18-13-8-6-7-12(11(13)9-15)16(4)10-14(2,3)17/h6-8,17H,5,9-10,15H2,1-4H3. The quantitative estimate of drug-likeness (QED) is 0.778. The maximum absolute atomic E-state index is 9.91. The molecular weight excluding hydrogens is 244 g/mol. The molecule has 0 radical (unpaired) electrons. The van der Waals surface area contributed by atoms with Gasteiger partial charge in [-0.15, -0.1) is 11.8 Å². The molecule has 18 heavy (non-hydrogen) atoms. The van der Waals surface area contributed by atoms with Gasteiger partial charge in [0.05, 0.1) is 5.60 Å². The van der Waals surface area contributed by atoms with Gasteiger partial charge in [-0.2, -0.15) is 0 Å². The minimum absolute atomic E-state index is 0.523. The minimum Gasteiger partial charge on any atom is -0.389 e. The molecule has 0 atom stereocenters. The van der Waals surface area contributed by atoms with Crippen molar-refractivity contribution >= 4 is 17.4 Å². The highest BCUT2D eigenvalue weighted by molar-refractivity contribution is 7.99. The first-order valence-corrected chi connectivity index (χ1v) is 7.26. The lowest BCUT2D eigenvalue weighted by Crippen LogP contribution is -2.36. The first-order valence-electron chi connectivity index (χ1n) is 6.27. The molecule has 3 nitrogen and oxygen atoms in total. The predicted octanol–water partition coefficient (Wildman–Crippen LogP) is 2.46. The molecule has 0 saturated carbocycles. The second-order valence-electron chi connectivity index (χ2n) is 5.06. The first kappa shape index (κ1) is 15.3. The lowest BCUT2D eigenvalue weighted by Gasteiger charge is -2.29. The van der Waals surface area contributed by atoms with Gasteiger partial charge >= 0.3 is 0 Å². The Bertz CT molecular complexity index is 388. The van der Waals surface area contributed by atoms with Gasteiger partial charge in [-0.1, -0.05) is 13.0 Å². The molecular formula is C14H24N2OS. The molecule has 3 N–H and O–H groups in total. The molecule has 0 heterocycles. The van der Waals surface area contributed by atoms with E-state index in [1.807, 2.05) is 27.0 Å². The van der Waals surface area contributed by atoms with Gasteiger partial charge in [0.1, 0.15) is 0 Å². The summed E-state index contributed by atoms with van der Waals surface area (Å²) in [6.07, 6.45) is 0. The second kappa shape index (κ2) is 6.45. The number of likely N-dealkylation sites (N-methyl/N-ethyl adjacent to an activating group) is 1. The highest BCUT2D eigenvalue weighted by Gasteiger charge is 2.18. The van der Waals surface area contributed by atoms with E-state index in [-0.39, 0.29) is 0 Å². The van der Waals surface area contributed by atoms with Gasteiger partial charge in [-0.25, -0.2) is 0 Å². The second-order valence-corrected chi connectivity index (χ2v) is 6.37. The number of nitrogens with two attached hydrogens (primary N) is 1. The van der Waals surface area contributed by atoms with E-state index in [0.29, 0.717) is 13.1 Å². The molecule has 0 aliphatic heterocycles. The zero-order chi connectivity index (χ0) is 13.8. The molecule has 0 aromatic heterocycles. The Balaban J connectivity index is 3.04. The molecule has 0 bridgehead atoms. The lowest BCUT2D eigenvalue weighted by molar-refractivity contribution is 0.0886. The summed E-state index contributed by atoms with van der Waals surface area (Å²) in [5.74, 6) is 1.03. The van der Waals surface area contributed by atoms with Crippen LogP contribution in [0.4, 0.5) is 5.69 Å². The third-order valence-corrected chi connectivity index (χ3v) is 3.63. The maximum Gasteiger partial charge on any atom is 0.0765 e. The van der Waals surface area contributed by atoms with Crippen LogP contribution in [0.3, 0.4) is 0 Å². The zero-order valence-electron chi connectivity index (χ0n) is 11.7. The van der Waals surface area contributed by atoms with Gasteiger partial charge in [-0.05, 0) is 31.7 Å². The molecule has 0 fully saturated rings. The molecule has 0 spiro atoms. The molecule has 0 saturated heterocycles. The van der Waals surface area contributed by atoms with E-state index < -0.39 is 5.60 Å². The van der Waals surface area contributed by atoms with Gasteiger partial charge in [0.2, 0.25) is 0 Å². The Kier molecular flexibility index (Phi) is 5.50. The van der Waals surface area contributed by atoms with Gasteiger partial charge in [0.15, 0.2) is 0 Å². The Morgan fingerprint density at radius 3 is 2.56 bits per heavy atom. The average Bonchev–Trinajstić information content (AvgIpc) is 2.27. The number of rotatable bonds is 6. The summed E-state index contributed by atoms with van der Waals surface area (Å²) in [5.41, 5.74) is 7.44. The average molecular weight is 268 g/mol. The fraction of sp³-hybridized carbons (Fsp3) is 0.571. The van der Waals surface area contributed by atoms with Crippen molar-refractivity contribution in [3.63, 3.8) is 0 Å². The largest absolute Gasteiger partial charge is 0.389 e. The summed E-state index contributed by atoms with van der Waals surface area (Å²) in [5, 5.41) is 9.91.